The highest BCUT2D eigenvalue weighted by atomic mass is 15.1. The third-order valence-electron chi connectivity index (χ3n) is 2.27. The molecule has 1 aliphatic carbocycles. The SMILES string of the molecule is CNC(C)NC1CCCC1. The molecule has 0 aromatic heterocycles. The van der Waals surface area contributed by atoms with E-state index >= 15 is 0 Å². The van der Waals surface area contributed by atoms with Crippen LogP contribution in [0.15, 0.2) is 0 Å². The molecule has 0 bridgehead atoms. The highest BCUT2D eigenvalue weighted by Gasteiger charge is 2.15. The van der Waals surface area contributed by atoms with Crippen molar-refractivity contribution in [3.05, 3.63) is 0 Å². The Bertz CT molecular complexity index is 87.3. The van der Waals surface area contributed by atoms with Gasteiger partial charge >= 0.3 is 0 Å². The van der Waals surface area contributed by atoms with Crippen LogP contribution in [0.5, 0.6) is 0 Å². The molecule has 10 heavy (non-hydrogen) atoms. The Balaban J connectivity index is 2.11. The number of rotatable bonds is 3. The van der Waals surface area contributed by atoms with Crippen molar-refractivity contribution in [3.8, 4) is 0 Å². The van der Waals surface area contributed by atoms with Gasteiger partial charge in [-0.05, 0) is 26.8 Å². The van der Waals surface area contributed by atoms with Gasteiger partial charge in [0.15, 0.2) is 0 Å². The monoisotopic (exact) mass is 142 g/mol. The fourth-order valence-electron chi connectivity index (χ4n) is 1.53. The maximum atomic E-state index is 3.52. The predicted molar refractivity (Wildman–Crippen MR) is 43.9 cm³/mol. The lowest BCUT2D eigenvalue weighted by molar-refractivity contribution is 0.414. The highest BCUT2D eigenvalue weighted by Crippen LogP contribution is 2.17. The van der Waals surface area contributed by atoms with Gasteiger partial charge in [0.2, 0.25) is 0 Å². The second-order valence-electron chi connectivity index (χ2n) is 3.16. The molecule has 1 atom stereocenters. The molecule has 0 radical (unpaired) electrons. The van der Waals surface area contributed by atoms with Gasteiger partial charge in [-0.15, -0.1) is 0 Å². The van der Waals surface area contributed by atoms with Gasteiger partial charge in [0.05, 0.1) is 6.17 Å². The molecule has 60 valence electrons. The molecule has 2 heteroatoms. The number of hydrogen-bond acceptors (Lipinski definition) is 2. The van der Waals surface area contributed by atoms with Gasteiger partial charge < -0.3 is 5.32 Å². The van der Waals surface area contributed by atoms with Crippen molar-refractivity contribution in [1.29, 1.82) is 0 Å². The summed E-state index contributed by atoms with van der Waals surface area (Å²) in [5, 5.41) is 6.70. The lowest BCUT2D eigenvalue weighted by atomic mass is 10.2. The normalized spacial score (nSPS) is 23.4. The second-order valence-corrected chi connectivity index (χ2v) is 3.16. The maximum absolute atomic E-state index is 3.52. The highest BCUT2D eigenvalue weighted by molar-refractivity contribution is 4.75. The van der Waals surface area contributed by atoms with Crippen LogP contribution in [0, 0.1) is 0 Å². The summed E-state index contributed by atoms with van der Waals surface area (Å²) in [6.07, 6.45) is 6.03. The molecule has 0 spiro atoms. The van der Waals surface area contributed by atoms with E-state index in [4.69, 9.17) is 0 Å². The predicted octanol–water partition coefficient (Wildman–Crippen LogP) is 1.08. The molecule has 1 saturated carbocycles. The lowest BCUT2D eigenvalue weighted by Crippen LogP contribution is -2.42. The molecule has 2 nitrogen and oxygen atoms in total. The van der Waals surface area contributed by atoms with Gasteiger partial charge in [0.25, 0.3) is 0 Å². The Morgan fingerprint density at radius 3 is 2.40 bits per heavy atom. The van der Waals surface area contributed by atoms with Crippen LogP contribution in [0.2, 0.25) is 0 Å². The standard InChI is InChI=1S/C8H18N2/c1-7(9-2)10-8-5-3-4-6-8/h7-10H,3-6H2,1-2H3. The van der Waals surface area contributed by atoms with Gasteiger partial charge in [0, 0.05) is 6.04 Å². The Morgan fingerprint density at radius 2 is 1.90 bits per heavy atom. The first kappa shape index (κ1) is 8.02. The molecule has 0 aromatic carbocycles. The van der Waals surface area contributed by atoms with Gasteiger partial charge in [-0.2, -0.15) is 0 Å². The van der Waals surface area contributed by atoms with Crippen LogP contribution in [-0.2, 0) is 0 Å². The van der Waals surface area contributed by atoms with E-state index in [0.717, 1.165) is 6.04 Å². The Hall–Kier alpha value is -0.0800. The fourth-order valence-corrected chi connectivity index (χ4v) is 1.53. The van der Waals surface area contributed by atoms with E-state index in [0.29, 0.717) is 6.17 Å². The number of nitrogens with one attached hydrogen (secondary N) is 2. The van der Waals surface area contributed by atoms with E-state index in [1.54, 1.807) is 0 Å². The molecule has 1 unspecified atom stereocenters. The van der Waals surface area contributed by atoms with E-state index < -0.39 is 0 Å². The van der Waals surface area contributed by atoms with Gasteiger partial charge in [-0.25, -0.2) is 0 Å². The summed E-state index contributed by atoms with van der Waals surface area (Å²) in [5.74, 6) is 0. The van der Waals surface area contributed by atoms with Crippen molar-refractivity contribution in [2.75, 3.05) is 7.05 Å². The molecule has 0 saturated heterocycles. The molecule has 1 rings (SSSR count). The Kier molecular flexibility index (Phi) is 3.16. The largest absolute Gasteiger partial charge is 0.305 e. The van der Waals surface area contributed by atoms with Crippen LogP contribution >= 0.6 is 0 Å². The van der Waals surface area contributed by atoms with Crippen LogP contribution in [0.4, 0.5) is 0 Å². The molecular weight excluding hydrogens is 124 g/mol. The summed E-state index contributed by atoms with van der Waals surface area (Å²) in [5.41, 5.74) is 0. The van der Waals surface area contributed by atoms with Crippen molar-refractivity contribution in [2.24, 2.45) is 0 Å². The van der Waals surface area contributed by atoms with Gasteiger partial charge in [0.1, 0.15) is 0 Å². The third-order valence-corrected chi connectivity index (χ3v) is 2.27. The summed E-state index contributed by atoms with van der Waals surface area (Å²) in [4.78, 5) is 0. The van der Waals surface area contributed by atoms with E-state index in [2.05, 4.69) is 17.6 Å². The van der Waals surface area contributed by atoms with Crippen LogP contribution < -0.4 is 10.6 Å². The molecule has 1 fully saturated rings. The minimum atomic E-state index is 0.475. The average molecular weight is 142 g/mol. The first-order valence-electron chi connectivity index (χ1n) is 4.26. The molecule has 0 heterocycles. The Morgan fingerprint density at radius 1 is 1.30 bits per heavy atom. The van der Waals surface area contributed by atoms with Crippen LogP contribution in [0.25, 0.3) is 0 Å². The molecule has 0 amide bonds. The van der Waals surface area contributed by atoms with Gasteiger partial charge in [-0.1, -0.05) is 12.8 Å². The Labute approximate surface area is 63.4 Å². The summed E-state index contributed by atoms with van der Waals surface area (Å²) >= 11 is 0. The topological polar surface area (TPSA) is 24.1 Å². The van der Waals surface area contributed by atoms with Crippen LogP contribution in [0.1, 0.15) is 32.6 Å². The van der Waals surface area contributed by atoms with Crippen molar-refractivity contribution in [1.82, 2.24) is 10.6 Å². The molecule has 0 aromatic rings. The van der Waals surface area contributed by atoms with Gasteiger partial charge in [-0.3, -0.25) is 5.32 Å². The lowest BCUT2D eigenvalue weighted by Gasteiger charge is -2.17. The fraction of sp³-hybridized carbons (Fsp3) is 1.00. The minimum Gasteiger partial charge on any atom is -0.305 e. The first-order chi connectivity index (χ1) is 4.83. The van der Waals surface area contributed by atoms with Crippen molar-refractivity contribution >= 4 is 0 Å². The third kappa shape index (κ3) is 2.27. The van der Waals surface area contributed by atoms with Crippen molar-refractivity contribution < 1.29 is 0 Å². The molecular formula is C8H18N2. The second kappa shape index (κ2) is 3.94. The summed E-state index contributed by atoms with van der Waals surface area (Å²) in [6.45, 7) is 2.16. The average Bonchev–Trinajstić information content (AvgIpc) is 2.40. The quantitative estimate of drug-likeness (QED) is 0.576. The summed E-state index contributed by atoms with van der Waals surface area (Å²) in [7, 11) is 1.99. The first-order valence-corrected chi connectivity index (χ1v) is 4.26. The van der Waals surface area contributed by atoms with Crippen LogP contribution in [0.3, 0.4) is 0 Å². The van der Waals surface area contributed by atoms with E-state index in [1.165, 1.54) is 25.7 Å². The summed E-state index contributed by atoms with van der Waals surface area (Å²) in [6, 6.07) is 0.780. The molecule has 2 N–H and O–H groups in total. The molecule has 0 aliphatic heterocycles. The zero-order valence-electron chi connectivity index (χ0n) is 6.98. The van der Waals surface area contributed by atoms with E-state index in [1.807, 2.05) is 7.05 Å². The number of hydrogen-bond donors (Lipinski definition) is 2. The molecule has 1 aliphatic rings. The van der Waals surface area contributed by atoms with E-state index in [9.17, 15) is 0 Å². The zero-order chi connectivity index (χ0) is 7.40. The van der Waals surface area contributed by atoms with Crippen molar-refractivity contribution in [2.45, 2.75) is 44.8 Å². The zero-order valence-corrected chi connectivity index (χ0v) is 6.98. The van der Waals surface area contributed by atoms with Crippen LogP contribution in [-0.4, -0.2) is 19.3 Å². The van der Waals surface area contributed by atoms with Crippen molar-refractivity contribution in [3.63, 3.8) is 0 Å². The maximum Gasteiger partial charge on any atom is 0.0542 e. The minimum absolute atomic E-state index is 0.475. The van der Waals surface area contributed by atoms with E-state index in [-0.39, 0.29) is 0 Å². The summed E-state index contributed by atoms with van der Waals surface area (Å²) < 4.78 is 0. The smallest absolute Gasteiger partial charge is 0.0542 e.